The van der Waals surface area contributed by atoms with E-state index in [0.29, 0.717) is 0 Å². The van der Waals surface area contributed by atoms with Gasteiger partial charge in [-0.15, -0.1) is 10.1 Å². The lowest BCUT2D eigenvalue weighted by atomic mass is 9.61. The quantitative estimate of drug-likeness (QED) is 0.287. The van der Waals surface area contributed by atoms with Crippen molar-refractivity contribution in [3.8, 4) is 0 Å². The molecule has 9 atom stereocenters. The first-order chi connectivity index (χ1) is 17.2. The molecular formula is C32H48BN2+. The smallest absolute Gasteiger partial charge is 0.272 e. The number of allylic oxidation sites excluding steroid dienone is 4. The van der Waals surface area contributed by atoms with Crippen molar-refractivity contribution in [2.45, 2.75) is 96.3 Å². The van der Waals surface area contributed by atoms with Crippen molar-refractivity contribution in [1.29, 1.82) is 0 Å². The topological polar surface area (TPSA) is 26.1 Å². The van der Waals surface area contributed by atoms with E-state index >= 15 is 0 Å². The molecule has 0 amide bonds. The molecule has 3 fully saturated rings. The summed E-state index contributed by atoms with van der Waals surface area (Å²) in [4.78, 5) is 0. The van der Waals surface area contributed by atoms with Gasteiger partial charge in [-0.3, -0.25) is 0 Å². The molecule has 1 N–H and O–H groups in total. The lowest BCUT2D eigenvalue weighted by molar-refractivity contribution is 0.114. The highest BCUT2D eigenvalue weighted by Crippen LogP contribution is 2.50. The molecule has 4 aliphatic carbocycles. The Balaban J connectivity index is 1.19. The third-order valence-electron chi connectivity index (χ3n) is 11.3. The molecule has 2 nitrogen and oxygen atoms in total. The first kappa shape index (κ1) is 24.3. The third-order valence-corrected chi connectivity index (χ3v) is 11.3. The van der Waals surface area contributed by atoms with E-state index < -0.39 is 0 Å². The summed E-state index contributed by atoms with van der Waals surface area (Å²) in [5, 5.41) is 3.65. The number of nitrogens with zero attached hydrogens (tertiary/aromatic N) is 1. The summed E-state index contributed by atoms with van der Waals surface area (Å²) in [5.74, 6) is 7.86. The highest BCUT2D eigenvalue weighted by Gasteiger charge is 2.40. The van der Waals surface area contributed by atoms with E-state index in [9.17, 15) is 0 Å². The second kappa shape index (κ2) is 11.1. The minimum absolute atomic E-state index is 0.722. The van der Waals surface area contributed by atoms with Crippen LogP contribution in [0.25, 0.3) is 0 Å². The highest BCUT2D eigenvalue weighted by molar-refractivity contribution is 6.21. The third kappa shape index (κ3) is 5.62. The van der Waals surface area contributed by atoms with Gasteiger partial charge in [0.25, 0.3) is 12.4 Å². The molecule has 188 valence electrons. The van der Waals surface area contributed by atoms with E-state index in [4.69, 9.17) is 7.85 Å². The van der Waals surface area contributed by atoms with Crippen LogP contribution in [0, 0.1) is 53.3 Å². The van der Waals surface area contributed by atoms with Gasteiger partial charge in [-0.1, -0.05) is 43.4 Å². The molecule has 35 heavy (non-hydrogen) atoms. The van der Waals surface area contributed by atoms with Gasteiger partial charge in [0.2, 0.25) is 0 Å². The van der Waals surface area contributed by atoms with Crippen molar-refractivity contribution in [3.05, 3.63) is 23.2 Å². The second-order valence-electron chi connectivity index (χ2n) is 13.4. The zero-order valence-corrected chi connectivity index (χ0v) is 22.1. The second-order valence-corrected chi connectivity index (χ2v) is 13.4. The van der Waals surface area contributed by atoms with Crippen LogP contribution in [0.15, 0.2) is 23.2 Å². The Morgan fingerprint density at radius 3 is 2.26 bits per heavy atom. The lowest BCUT2D eigenvalue weighted by Gasteiger charge is -2.44. The molecule has 2 aliphatic heterocycles. The van der Waals surface area contributed by atoms with Gasteiger partial charge in [-0.05, 0) is 125 Å². The van der Waals surface area contributed by atoms with Gasteiger partial charge < -0.3 is 5.32 Å². The summed E-state index contributed by atoms with van der Waals surface area (Å²) in [6, 6.07) is 0. The van der Waals surface area contributed by atoms with Crippen LogP contribution >= 0.6 is 0 Å². The van der Waals surface area contributed by atoms with Crippen LogP contribution in [0.3, 0.4) is 0 Å². The Morgan fingerprint density at radius 1 is 0.771 bits per heavy atom. The number of rotatable bonds is 5. The highest BCUT2D eigenvalue weighted by atomic mass is 14.9. The van der Waals surface area contributed by atoms with Gasteiger partial charge in [-0.25, -0.2) is 0 Å². The molecule has 6 aliphatic rings. The van der Waals surface area contributed by atoms with Crippen molar-refractivity contribution < 1.29 is 0 Å². The van der Waals surface area contributed by atoms with Gasteiger partial charge in [0.15, 0.2) is 0 Å². The monoisotopic (exact) mass is 471 g/mol. The van der Waals surface area contributed by atoms with E-state index in [1.165, 1.54) is 103 Å². The van der Waals surface area contributed by atoms with Crippen LogP contribution in [0.5, 0.6) is 0 Å². The van der Waals surface area contributed by atoms with E-state index in [1.54, 1.807) is 0 Å². The standard InChI is InChI=1S/C32H48BN2/c33-32-9-3-8-26(19-32)31-17-29(24-6-1-4-22(14-24)27-10-12-34-20-27)16-30(18-31)25-7-2-5-23(15-25)28-11-13-35-21-28/h9,12,18,20,22-30,35H,1-8,10-11,13-17,19,21H2/q+1. The molecule has 1 saturated heterocycles. The molecule has 9 unspecified atom stereocenters. The SMILES string of the molecule is [B]C1=CCCC(C2=CC(C3CCCC(C4CCNC4)C3)CC(C3CCCC(C4C=[N+]=CC4)C3)C2)C1. The van der Waals surface area contributed by atoms with Crippen molar-refractivity contribution in [2.24, 2.45) is 53.3 Å². The number of hydrogen-bond donors (Lipinski definition) is 1. The molecule has 6 rings (SSSR count). The van der Waals surface area contributed by atoms with E-state index in [-0.39, 0.29) is 0 Å². The number of nitrogens with one attached hydrogen (secondary N) is 1. The fraction of sp³-hybridized carbons (Fsp3) is 0.812. The maximum atomic E-state index is 6.38. The molecule has 0 bridgehead atoms. The predicted molar refractivity (Wildman–Crippen MR) is 150 cm³/mol. The maximum Gasteiger partial charge on any atom is 0.272 e. The van der Waals surface area contributed by atoms with E-state index in [0.717, 1.165) is 65.2 Å². The van der Waals surface area contributed by atoms with Crippen LogP contribution < -0.4 is 9.98 Å². The molecule has 0 aromatic rings. The molecule has 0 aromatic heterocycles. The van der Waals surface area contributed by atoms with Crippen molar-refractivity contribution in [1.82, 2.24) is 9.98 Å². The van der Waals surface area contributed by atoms with Crippen LogP contribution in [0.1, 0.15) is 96.3 Å². The Morgan fingerprint density at radius 2 is 1.54 bits per heavy atom. The summed E-state index contributed by atoms with van der Waals surface area (Å²) in [6.07, 6.45) is 30.4. The fourth-order valence-corrected chi connectivity index (χ4v) is 9.37. The molecule has 3 heteroatoms. The van der Waals surface area contributed by atoms with Gasteiger partial charge in [0.1, 0.15) is 7.85 Å². The zero-order chi connectivity index (χ0) is 23.6. The lowest BCUT2D eigenvalue weighted by Crippen LogP contribution is -2.34. The maximum absolute atomic E-state index is 6.38. The van der Waals surface area contributed by atoms with Gasteiger partial charge in [-0.2, -0.15) is 0 Å². The first-order valence-corrected chi connectivity index (χ1v) is 15.4. The summed E-state index contributed by atoms with van der Waals surface area (Å²) >= 11 is 0. The fourth-order valence-electron chi connectivity index (χ4n) is 9.37. The Kier molecular flexibility index (Phi) is 7.74. The summed E-state index contributed by atoms with van der Waals surface area (Å²) < 4.78 is 4.49. The van der Waals surface area contributed by atoms with E-state index in [1.807, 2.05) is 5.57 Å². The Bertz CT molecular complexity index is 861. The van der Waals surface area contributed by atoms with E-state index in [2.05, 4.69) is 34.6 Å². The normalized spacial score (nSPS) is 44.3. The van der Waals surface area contributed by atoms with Crippen molar-refractivity contribution in [3.63, 3.8) is 0 Å². The molecular weight excluding hydrogens is 423 g/mol. The largest absolute Gasteiger partial charge is 0.316 e. The minimum atomic E-state index is 0.722. The van der Waals surface area contributed by atoms with Crippen molar-refractivity contribution >= 4 is 20.3 Å². The number of hydrogen-bond acceptors (Lipinski definition) is 1. The van der Waals surface area contributed by atoms with Crippen LogP contribution in [0.2, 0.25) is 0 Å². The average Bonchev–Trinajstić information content (AvgIpc) is 3.64. The van der Waals surface area contributed by atoms with Crippen molar-refractivity contribution in [2.75, 3.05) is 13.1 Å². The van der Waals surface area contributed by atoms with Gasteiger partial charge in [0.05, 0.1) is 12.3 Å². The Hall–Kier alpha value is -1.05. The van der Waals surface area contributed by atoms with Crippen LogP contribution in [0.4, 0.5) is 0 Å². The van der Waals surface area contributed by atoms with Gasteiger partial charge in [0, 0.05) is 0 Å². The molecule has 0 aromatic carbocycles. The molecule has 0 spiro atoms. The van der Waals surface area contributed by atoms with Crippen LogP contribution in [-0.2, 0) is 0 Å². The average molecular weight is 472 g/mol. The minimum Gasteiger partial charge on any atom is -0.316 e. The summed E-state index contributed by atoms with van der Waals surface area (Å²) in [5.41, 5.74) is 2.98. The van der Waals surface area contributed by atoms with Crippen LogP contribution in [-0.4, -0.2) is 33.4 Å². The van der Waals surface area contributed by atoms with Gasteiger partial charge >= 0.3 is 0 Å². The zero-order valence-electron chi connectivity index (χ0n) is 22.1. The predicted octanol–water partition coefficient (Wildman–Crippen LogP) is 6.24. The molecule has 2 heterocycles. The Labute approximate surface area is 216 Å². The summed E-state index contributed by atoms with van der Waals surface area (Å²) in [6.45, 7) is 2.54. The summed E-state index contributed by atoms with van der Waals surface area (Å²) in [7, 11) is 6.38. The first-order valence-electron chi connectivity index (χ1n) is 15.4. The molecule has 2 radical (unpaired) electrons. The molecule has 2 saturated carbocycles.